The van der Waals surface area contributed by atoms with E-state index in [4.69, 9.17) is 0 Å². The third-order valence-electron chi connectivity index (χ3n) is 5.49. The summed E-state index contributed by atoms with van der Waals surface area (Å²) in [5, 5.41) is 5.84. The molecule has 0 bridgehead atoms. The van der Waals surface area contributed by atoms with Crippen LogP contribution in [0.2, 0.25) is 0 Å². The lowest BCUT2D eigenvalue weighted by Crippen LogP contribution is -2.44. The van der Waals surface area contributed by atoms with Gasteiger partial charge in [0.1, 0.15) is 0 Å². The molecule has 2 fully saturated rings. The molecule has 2 aliphatic heterocycles. The maximum atomic E-state index is 12.2. The van der Waals surface area contributed by atoms with Gasteiger partial charge in [-0.1, -0.05) is 25.0 Å². The summed E-state index contributed by atoms with van der Waals surface area (Å²) in [6.45, 7) is 4.66. The second kappa shape index (κ2) is 8.51. The van der Waals surface area contributed by atoms with Crippen molar-refractivity contribution >= 4 is 11.9 Å². The van der Waals surface area contributed by atoms with Crippen molar-refractivity contribution in [2.75, 3.05) is 39.3 Å². The molecule has 0 aromatic heterocycles. The molecular formula is C18H30N4O2. The smallest absolute Gasteiger partial charge is 0.317 e. The van der Waals surface area contributed by atoms with Gasteiger partial charge in [0.05, 0.1) is 0 Å². The van der Waals surface area contributed by atoms with Crippen LogP contribution in [-0.2, 0) is 4.79 Å². The van der Waals surface area contributed by atoms with Crippen LogP contribution in [0.1, 0.15) is 38.5 Å². The average molecular weight is 334 g/mol. The topological polar surface area (TPSA) is 64.7 Å². The molecule has 24 heavy (non-hydrogen) atoms. The van der Waals surface area contributed by atoms with E-state index in [0.29, 0.717) is 31.5 Å². The molecule has 134 valence electrons. The maximum absolute atomic E-state index is 12.2. The van der Waals surface area contributed by atoms with Crippen molar-refractivity contribution < 1.29 is 9.59 Å². The molecule has 0 radical (unpaired) electrons. The van der Waals surface area contributed by atoms with Crippen LogP contribution in [0, 0.1) is 5.92 Å². The summed E-state index contributed by atoms with van der Waals surface area (Å²) in [6.07, 6.45) is 11.0. The van der Waals surface area contributed by atoms with Crippen LogP contribution in [0.25, 0.3) is 0 Å². The fraction of sp³-hybridized carbons (Fsp3) is 0.778. The fourth-order valence-electron chi connectivity index (χ4n) is 4.05. The van der Waals surface area contributed by atoms with Crippen molar-refractivity contribution in [3.05, 3.63) is 12.2 Å². The second-order valence-electron chi connectivity index (χ2n) is 7.25. The first kappa shape index (κ1) is 17.3. The number of carbonyl (C=O) groups is 2. The first-order chi connectivity index (χ1) is 11.7. The van der Waals surface area contributed by atoms with E-state index in [1.807, 2.05) is 4.90 Å². The molecule has 0 aromatic rings. The Balaban J connectivity index is 1.26. The van der Waals surface area contributed by atoms with Crippen LogP contribution in [0.5, 0.6) is 0 Å². The molecule has 3 rings (SSSR count). The van der Waals surface area contributed by atoms with Gasteiger partial charge in [0.15, 0.2) is 0 Å². The van der Waals surface area contributed by atoms with Crippen molar-refractivity contribution in [1.82, 2.24) is 20.4 Å². The Morgan fingerprint density at radius 1 is 1.00 bits per heavy atom. The van der Waals surface area contributed by atoms with Gasteiger partial charge < -0.3 is 15.5 Å². The van der Waals surface area contributed by atoms with Gasteiger partial charge in [-0.25, -0.2) is 4.79 Å². The standard InChI is InChI=1S/C18H30N4O2/c23-17(13-15-5-1-2-6-15)19-8-9-20-18(24)22-12-7-16(14-22)21-10-3-4-11-21/h3-4,15-16H,1-2,5-14H2,(H,19,23)(H,20,24)/t16-/m0/s1. The van der Waals surface area contributed by atoms with E-state index in [0.717, 1.165) is 32.6 Å². The van der Waals surface area contributed by atoms with Gasteiger partial charge >= 0.3 is 6.03 Å². The Labute approximate surface area is 144 Å². The van der Waals surface area contributed by atoms with Gasteiger partial charge in [0.25, 0.3) is 0 Å². The lowest BCUT2D eigenvalue weighted by atomic mass is 10.0. The molecule has 6 heteroatoms. The van der Waals surface area contributed by atoms with Crippen molar-refractivity contribution in [3.8, 4) is 0 Å². The van der Waals surface area contributed by atoms with E-state index in [2.05, 4.69) is 27.7 Å². The Kier molecular flexibility index (Phi) is 6.12. The summed E-state index contributed by atoms with van der Waals surface area (Å²) in [4.78, 5) is 28.3. The molecule has 0 aromatic carbocycles. The molecule has 2 heterocycles. The number of amides is 3. The first-order valence-electron chi connectivity index (χ1n) is 9.41. The summed E-state index contributed by atoms with van der Waals surface area (Å²) < 4.78 is 0. The summed E-state index contributed by atoms with van der Waals surface area (Å²) >= 11 is 0. The number of urea groups is 1. The van der Waals surface area contributed by atoms with Crippen LogP contribution in [0.3, 0.4) is 0 Å². The van der Waals surface area contributed by atoms with Crippen molar-refractivity contribution in [1.29, 1.82) is 0 Å². The fourth-order valence-corrected chi connectivity index (χ4v) is 4.05. The third-order valence-corrected chi connectivity index (χ3v) is 5.49. The molecular weight excluding hydrogens is 304 g/mol. The minimum absolute atomic E-state index is 0.00491. The molecule has 3 aliphatic rings. The Morgan fingerprint density at radius 3 is 2.46 bits per heavy atom. The number of hydrogen-bond acceptors (Lipinski definition) is 3. The minimum atomic E-state index is -0.00491. The van der Waals surface area contributed by atoms with Crippen LogP contribution in [0.15, 0.2) is 12.2 Å². The zero-order valence-corrected chi connectivity index (χ0v) is 14.5. The van der Waals surface area contributed by atoms with Crippen LogP contribution >= 0.6 is 0 Å². The van der Waals surface area contributed by atoms with E-state index >= 15 is 0 Å². The number of hydrogen-bond donors (Lipinski definition) is 2. The molecule has 2 N–H and O–H groups in total. The van der Waals surface area contributed by atoms with Gasteiger partial charge in [-0.3, -0.25) is 9.69 Å². The molecule has 1 atom stereocenters. The summed E-state index contributed by atoms with van der Waals surface area (Å²) in [5.74, 6) is 0.695. The minimum Gasteiger partial charge on any atom is -0.354 e. The zero-order valence-electron chi connectivity index (χ0n) is 14.5. The van der Waals surface area contributed by atoms with E-state index < -0.39 is 0 Å². The van der Waals surface area contributed by atoms with Crippen LogP contribution in [0.4, 0.5) is 4.79 Å². The second-order valence-corrected chi connectivity index (χ2v) is 7.25. The molecule has 3 amide bonds. The molecule has 0 unspecified atom stereocenters. The molecule has 1 saturated carbocycles. The van der Waals surface area contributed by atoms with Gasteiger partial charge in [-0.2, -0.15) is 0 Å². The maximum Gasteiger partial charge on any atom is 0.317 e. The van der Waals surface area contributed by atoms with Crippen LogP contribution < -0.4 is 10.6 Å². The van der Waals surface area contributed by atoms with Crippen molar-refractivity contribution in [2.24, 2.45) is 5.92 Å². The molecule has 0 spiro atoms. The van der Waals surface area contributed by atoms with Gasteiger partial charge in [0.2, 0.25) is 5.91 Å². The number of nitrogens with one attached hydrogen (secondary N) is 2. The largest absolute Gasteiger partial charge is 0.354 e. The van der Waals surface area contributed by atoms with Crippen LogP contribution in [-0.4, -0.2) is 67.0 Å². The lowest BCUT2D eigenvalue weighted by Gasteiger charge is -2.23. The highest BCUT2D eigenvalue weighted by atomic mass is 16.2. The third kappa shape index (κ3) is 4.72. The van der Waals surface area contributed by atoms with Gasteiger partial charge in [0, 0.05) is 51.7 Å². The quantitative estimate of drug-likeness (QED) is 0.569. The SMILES string of the molecule is O=C(CC1CCCC1)NCCNC(=O)N1CC[C@H](N2CC=CC2)C1. The Hall–Kier alpha value is -1.56. The normalized spacial score (nSPS) is 24.7. The summed E-state index contributed by atoms with van der Waals surface area (Å²) in [6, 6.07) is 0.478. The Morgan fingerprint density at radius 2 is 1.71 bits per heavy atom. The molecule has 1 saturated heterocycles. The lowest BCUT2D eigenvalue weighted by molar-refractivity contribution is -0.121. The number of likely N-dealkylation sites (tertiary alicyclic amines) is 1. The average Bonchev–Trinajstić information content (AvgIpc) is 3.32. The van der Waals surface area contributed by atoms with E-state index in [1.165, 1.54) is 25.7 Å². The zero-order chi connectivity index (χ0) is 16.8. The van der Waals surface area contributed by atoms with Crippen molar-refractivity contribution in [3.63, 3.8) is 0 Å². The van der Waals surface area contributed by atoms with Gasteiger partial charge in [-0.05, 0) is 25.2 Å². The summed E-state index contributed by atoms with van der Waals surface area (Å²) in [5.41, 5.74) is 0. The van der Waals surface area contributed by atoms with Crippen molar-refractivity contribution in [2.45, 2.75) is 44.6 Å². The summed E-state index contributed by atoms with van der Waals surface area (Å²) in [7, 11) is 0. The number of carbonyl (C=O) groups excluding carboxylic acids is 2. The number of nitrogens with zero attached hydrogens (tertiary/aromatic N) is 2. The first-order valence-corrected chi connectivity index (χ1v) is 9.41. The highest BCUT2D eigenvalue weighted by Gasteiger charge is 2.30. The predicted octanol–water partition coefficient (Wildman–Crippen LogP) is 1.34. The van der Waals surface area contributed by atoms with E-state index in [9.17, 15) is 9.59 Å². The highest BCUT2D eigenvalue weighted by Crippen LogP contribution is 2.27. The Bertz CT molecular complexity index is 466. The number of rotatable bonds is 6. The monoisotopic (exact) mass is 334 g/mol. The van der Waals surface area contributed by atoms with E-state index in [-0.39, 0.29) is 11.9 Å². The molecule has 6 nitrogen and oxygen atoms in total. The highest BCUT2D eigenvalue weighted by molar-refractivity contribution is 5.76. The predicted molar refractivity (Wildman–Crippen MR) is 93.7 cm³/mol. The van der Waals surface area contributed by atoms with E-state index in [1.54, 1.807) is 0 Å². The molecule has 1 aliphatic carbocycles. The van der Waals surface area contributed by atoms with Gasteiger partial charge in [-0.15, -0.1) is 0 Å².